The van der Waals surface area contributed by atoms with E-state index in [2.05, 4.69) is 15.0 Å². The van der Waals surface area contributed by atoms with Crippen LogP contribution in [0.4, 0.5) is 5.69 Å². The van der Waals surface area contributed by atoms with Crippen LogP contribution >= 0.6 is 11.6 Å². The van der Waals surface area contributed by atoms with Crippen molar-refractivity contribution in [1.82, 2.24) is 10.2 Å². The molecule has 1 aromatic carbocycles. The number of rotatable bonds is 4. The Kier molecular flexibility index (Phi) is 4.61. The minimum Gasteiger partial charge on any atom is -0.425 e. The normalized spacial score (nSPS) is 13.7. The highest BCUT2D eigenvalue weighted by Crippen LogP contribution is 2.33. The lowest BCUT2D eigenvalue weighted by Crippen LogP contribution is -2.18. The molecule has 0 aliphatic heterocycles. The van der Waals surface area contributed by atoms with Crippen molar-refractivity contribution in [2.24, 2.45) is 0 Å². The van der Waals surface area contributed by atoms with E-state index < -0.39 is 6.10 Å². The van der Waals surface area contributed by atoms with Crippen LogP contribution in [0.3, 0.4) is 0 Å². The number of aliphatic hydroxyl groups is 1. The van der Waals surface area contributed by atoms with Gasteiger partial charge < -0.3 is 9.52 Å². The van der Waals surface area contributed by atoms with Crippen molar-refractivity contribution in [3.05, 3.63) is 51.5 Å². The predicted molar refractivity (Wildman–Crippen MR) is 79.6 cm³/mol. The van der Waals surface area contributed by atoms with Crippen LogP contribution in [-0.4, -0.2) is 21.4 Å². The van der Waals surface area contributed by atoms with E-state index >= 15 is 0 Å². The average molecular weight is 306 g/mol. The molecule has 2 atom stereocenters. The first-order valence-corrected chi connectivity index (χ1v) is 6.95. The number of hydrogen-bond donors (Lipinski definition) is 1. The van der Waals surface area contributed by atoms with E-state index in [0.29, 0.717) is 28.9 Å². The number of nitrogens with zero attached hydrogens (tertiary/aromatic N) is 3. The fraction of sp³-hybridized carbons (Fsp3) is 0.400. The summed E-state index contributed by atoms with van der Waals surface area (Å²) >= 11 is 6.18. The molecule has 21 heavy (non-hydrogen) atoms. The topological polar surface area (TPSA) is 63.5 Å². The minimum absolute atomic E-state index is 0.306. The monoisotopic (exact) mass is 305 g/mol. The molecule has 0 aliphatic rings. The van der Waals surface area contributed by atoms with Crippen LogP contribution in [-0.2, 0) is 6.42 Å². The molecule has 1 aromatic heterocycles. The van der Waals surface area contributed by atoms with Crippen LogP contribution in [0.25, 0.3) is 4.85 Å². The first-order valence-electron chi connectivity index (χ1n) is 6.57. The fourth-order valence-corrected chi connectivity index (χ4v) is 2.41. The molecule has 1 N–H and O–H groups in total. The lowest BCUT2D eigenvalue weighted by molar-refractivity contribution is 0.147. The van der Waals surface area contributed by atoms with Gasteiger partial charge in [-0.2, -0.15) is 0 Å². The SMILES string of the molecule is [C-]#[N+]c1ccc(CC(c2nnc(C)o2)[C@H](C)O)c(C)c1Cl. The number of aliphatic hydroxyl groups excluding tert-OH is 1. The Morgan fingerprint density at radius 3 is 2.62 bits per heavy atom. The molecule has 0 saturated heterocycles. The largest absolute Gasteiger partial charge is 0.425 e. The molecular formula is C15H16ClN3O2. The van der Waals surface area contributed by atoms with Gasteiger partial charge in [0.15, 0.2) is 0 Å². The molecule has 0 saturated carbocycles. The molecule has 0 spiro atoms. The van der Waals surface area contributed by atoms with E-state index in [1.807, 2.05) is 13.0 Å². The van der Waals surface area contributed by atoms with Gasteiger partial charge in [0, 0.05) is 6.92 Å². The van der Waals surface area contributed by atoms with E-state index in [0.717, 1.165) is 11.1 Å². The van der Waals surface area contributed by atoms with Gasteiger partial charge in [-0.3, -0.25) is 0 Å². The van der Waals surface area contributed by atoms with Crippen LogP contribution < -0.4 is 0 Å². The van der Waals surface area contributed by atoms with E-state index in [-0.39, 0.29) is 5.92 Å². The second-order valence-electron chi connectivity index (χ2n) is 5.01. The molecule has 1 unspecified atom stereocenters. The number of aromatic nitrogens is 2. The maximum Gasteiger partial charge on any atom is 0.222 e. The Balaban J connectivity index is 2.35. The van der Waals surface area contributed by atoms with Crippen LogP contribution in [0.2, 0.25) is 5.02 Å². The van der Waals surface area contributed by atoms with Gasteiger partial charge in [-0.1, -0.05) is 23.7 Å². The van der Waals surface area contributed by atoms with E-state index in [9.17, 15) is 5.11 Å². The third kappa shape index (κ3) is 3.23. The summed E-state index contributed by atoms with van der Waals surface area (Å²) in [6, 6.07) is 3.54. The summed E-state index contributed by atoms with van der Waals surface area (Å²) in [5.74, 6) is 0.570. The molecule has 2 aromatic rings. The van der Waals surface area contributed by atoms with Gasteiger partial charge in [0.25, 0.3) is 0 Å². The summed E-state index contributed by atoms with van der Waals surface area (Å²) in [6.45, 7) is 12.3. The molecule has 0 fully saturated rings. The zero-order chi connectivity index (χ0) is 15.6. The Labute approximate surface area is 128 Å². The number of hydrogen-bond acceptors (Lipinski definition) is 4. The Hall–Kier alpha value is -1.90. The zero-order valence-electron chi connectivity index (χ0n) is 12.1. The highest BCUT2D eigenvalue weighted by molar-refractivity contribution is 6.34. The lowest BCUT2D eigenvalue weighted by Gasteiger charge is -2.18. The first-order chi connectivity index (χ1) is 9.93. The molecule has 0 aliphatic carbocycles. The molecule has 0 amide bonds. The van der Waals surface area contributed by atoms with E-state index in [1.165, 1.54) is 0 Å². The summed E-state index contributed by atoms with van der Waals surface area (Å²) in [7, 11) is 0. The maximum absolute atomic E-state index is 9.99. The van der Waals surface area contributed by atoms with Crippen molar-refractivity contribution in [3.63, 3.8) is 0 Å². The van der Waals surface area contributed by atoms with Gasteiger partial charge in [0.05, 0.1) is 23.6 Å². The van der Waals surface area contributed by atoms with Crippen molar-refractivity contribution >= 4 is 17.3 Å². The van der Waals surface area contributed by atoms with Crippen LogP contribution in [0, 0.1) is 20.4 Å². The summed E-state index contributed by atoms with van der Waals surface area (Å²) in [5.41, 5.74) is 2.22. The maximum atomic E-state index is 9.99. The first kappa shape index (κ1) is 15.5. The van der Waals surface area contributed by atoms with Gasteiger partial charge in [0.1, 0.15) is 0 Å². The van der Waals surface area contributed by atoms with Gasteiger partial charge in [-0.15, -0.1) is 10.2 Å². The third-order valence-electron chi connectivity index (χ3n) is 3.48. The van der Waals surface area contributed by atoms with Crippen molar-refractivity contribution < 1.29 is 9.52 Å². The predicted octanol–water partition coefficient (Wildman–Crippen LogP) is 3.60. The average Bonchev–Trinajstić information content (AvgIpc) is 2.86. The van der Waals surface area contributed by atoms with Gasteiger partial charge in [0.2, 0.25) is 17.5 Å². The molecule has 5 nitrogen and oxygen atoms in total. The van der Waals surface area contributed by atoms with E-state index in [1.54, 1.807) is 19.9 Å². The summed E-state index contributed by atoms with van der Waals surface area (Å²) in [4.78, 5) is 3.38. The molecule has 2 rings (SSSR count). The molecular weight excluding hydrogens is 290 g/mol. The summed E-state index contributed by atoms with van der Waals surface area (Å²) in [6.07, 6.45) is -0.119. The second kappa shape index (κ2) is 6.25. The Morgan fingerprint density at radius 2 is 2.10 bits per heavy atom. The minimum atomic E-state index is -0.636. The fourth-order valence-electron chi connectivity index (χ4n) is 2.18. The second-order valence-corrected chi connectivity index (χ2v) is 5.38. The van der Waals surface area contributed by atoms with Gasteiger partial charge in [-0.05, 0) is 31.4 Å². The highest BCUT2D eigenvalue weighted by Gasteiger charge is 2.25. The molecule has 110 valence electrons. The highest BCUT2D eigenvalue weighted by atomic mass is 35.5. The van der Waals surface area contributed by atoms with E-state index in [4.69, 9.17) is 22.6 Å². The van der Waals surface area contributed by atoms with Crippen LogP contribution in [0.15, 0.2) is 16.5 Å². The lowest BCUT2D eigenvalue weighted by atomic mass is 9.92. The smallest absolute Gasteiger partial charge is 0.222 e. The summed E-state index contributed by atoms with van der Waals surface area (Å²) in [5, 5.41) is 18.2. The molecule has 6 heteroatoms. The molecule has 0 bridgehead atoms. The number of aryl methyl sites for hydroxylation is 1. The van der Waals surface area contributed by atoms with Crippen molar-refractivity contribution in [2.75, 3.05) is 0 Å². The van der Waals surface area contributed by atoms with Crippen LogP contribution in [0.5, 0.6) is 0 Å². The Morgan fingerprint density at radius 1 is 1.38 bits per heavy atom. The zero-order valence-corrected chi connectivity index (χ0v) is 12.8. The quantitative estimate of drug-likeness (QED) is 0.877. The molecule has 1 heterocycles. The van der Waals surface area contributed by atoms with Gasteiger partial charge >= 0.3 is 0 Å². The standard InChI is InChI=1S/C15H16ClN3O2/c1-8-11(5-6-13(17-4)14(8)16)7-12(9(2)20)15-19-18-10(3)21-15/h5-6,9,12,20H,7H2,1-3H3/t9-,12?/m0/s1. The van der Waals surface area contributed by atoms with Crippen molar-refractivity contribution in [3.8, 4) is 0 Å². The molecule has 0 radical (unpaired) electrons. The third-order valence-corrected chi connectivity index (χ3v) is 3.96. The Bertz CT molecular complexity index is 689. The number of halogens is 1. The van der Waals surface area contributed by atoms with Crippen molar-refractivity contribution in [1.29, 1.82) is 0 Å². The summed E-state index contributed by atoms with van der Waals surface area (Å²) < 4.78 is 5.43. The van der Waals surface area contributed by atoms with Crippen LogP contribution in [0.1, 0.15) is 35.7 Å². The van der Waals surface area contributed by atoms with Gasteiger partial charge in [-0.25, -0.2) is 4.85 Å². The number of benzene rings is 1. The van der Waals surface area contributed by atoms with Crippen molar-refractivity contribution in [2.45, 2.75) is 39.2 Å².